The van der Waals surface area contributed by atoms with Crippen molar-refractivity contribution < 1.29 is 4.79 Å². The predicted molar refractivity (Wildman–Crippen MR) is 98.0 cm³/mol. The van der Waals surface area contributed by atoms with Crippen LogP contribution < -0.4 is 5.32 Å². The highest BCUT2D eigenvalue weighted by Gasteiger charge is 2.19. The monoisotopic (exact) mass is 349 g/mol. The Balaban J connectivity index is 1.61. The minimum atomic E-state index is -0.173. The fourth-order valence-electron chi connectivity index (χ4n) is 1.87. The second-order valence-electron chi connectivity index (χ2n) is 4.65. The topological polar surface area (TPSA) is 54.4 Å². The lowest BCUT2D eigenvalue weighted by atomic mass is 10.2. The second kappa shape index (κ2) is 7.30. The van der Waals surface area contributed by atoms with Crippen LogP contribution in [-0.2, 0) is 4.79 Å². The summed E-state index contributed by atoms with van der Waals surface area (Å²) >= 11 is 4.68. The van der Waals surface area contributed by atoms with Gasteiger partial charge in [-0.1, -0.05) is 53.9 Å². The van der Waals surface area contributed by atoms with E-state index in [0.717, 1.165) is 27.9 Å². The number of aromatic nitrogens is 1. The van der Waals surface area contributed by atoms with Gasteiger partial charge in [0.15, 0.2) is 5.13 Å². The first-order valence-corrected chi connectivity index (χ1v) is 9.62. The molecule has 1 amide bonds. The maximum Gasteiger partial charge on any atom is 0.239 e. The number of nitrogens with one attached hydrogen (secondary N) is 1. The van der Waals surface area contributed by atoms with Gasteiger partial charge >= 0.3 is 0 Å². The zero-order valence-electron chi connectivity index (χ0n) is 12.0. The number of anilines is 1. The van der Waals surface area contributed by atoms with E-state index in [0.29, 0.717) is 5.13 Å². The summed E-state index contributed by atoms with van der Waals surface area (Å²) in [6.45, 7) is 2.75. The molecule has 0 radical (unpaired) electrons. The molecule has 4 nitrogen and oxygen atoms in total. The maximum atomic E-state index is 12.2. The van der Waals surface area contributed by atoms with Gasteiger partial charge in [0.05, 0.1) is 17.5 Å². The molecule has 1 N–H and O–H groups in total. The van der Waals surface area contributed by atoms with Gasteiger partial charge in [-0.15, -0.1) is 11.3 Å². The average molecular weight is 350 g/mol. The van der Waals surface area contributed by atoms with Crippen molar-refractivity contribution in [1.82, 2.24) is 4.98 Å². The van der Waals surface area contributed by atoms with Gasteiger partial charge in [0.1, 0.15) is 4.38 Å². The summed E-state index contributed by atoms with van der Waals surface area (Å²) in [5.41, 5.74) is 1.94. The zero-order valence-corrected chi connectivity index (χ0v) is 14.4. The molecule has 0 spiro atoms. The standard InChI is InChI=1S/C15H15N3OS3/c1-10(22-15-16-7-8-20-15)13(19)18-14-17-12(9-21-14)11-5-3-2-4-6-11/h2-6,9-10H,7-8H2,1H3,(H,17,18,19). The largest absolute Gasteiger partial charge is 0.301 e. The second-order valence-corrected chi connectivity index (χ2v) is 8.18. The Kier molecular flexibility index (Phi) is 5.17. The third kappa shape index (κ3) is 3.91. The molecule has 1 aliphatic heterocycles. The Morgan fingerprint density at radius 2 is 2.18 bits per heavy atom. The molecular weight excluding hydrogens is 334 g/mol. The van der Waals surface area contributed by atoms with Crippen molar-refractivity contribution in [2.75, 3.05) is 17.6 Å². The van der Waals surface area contributed by atoms with Crippen LogP contribution in [0.3, 0.4) is 0 Å². The molecule has 2 heterocycles. The van der Waals surface area contributed by atoms with Crippen LogP contribution in [0.2, 0.25) is 0 Å². The Bertz CT molecular complexity index is 684. The van der Waals surface area contributed by atoms with Gasteiger partial charge in [0.25, 0.3) is 0 Å². The Morgan fingerprint density at radius 3 is 2.91 bits per heavy atom. The van der Waals surface area contributed by atoms with Gasteiger partial charge in [0, 0.05) is 16.7 Å². The molecule has 0 aliphatic carbocycles. The van der Waals surface area contributed by atoms with E-state index in [1.165, 1.54) is 23.1 Å². The number of benzene rings is 1. The summed E-state index contributed by atoms with van der Waals surface area (Å²) in [5.74, 6) is 0.984. The number of hydrogen-bond donors (Lipinski definition) is 1. The van der Waals surface area contributed by atoms with E-state index in [2.05, 4.69) is 15.3 Å². The fourth-order valence-corrected chi connectivity index (χ4v) is 4.72. The van der Waals surface area contributed by atoms with Gasteiger partial charge < -0.3 is 5.32 Å². The Hall–Kier alpha value is -1.31. The van der Waals surface area contributed by atoms with Crippen LogP contribution in [0.1, 0.15) is 6.92 Å². The molecule has 22 heavy (non-hydrogen) atoms. The number of amides is 1. The van der Waals surface area contributed by atoms with Crippen molar-refractivity contribution in [3.63, 3.8) is 0 Å². The van der Waals surface area contributed by atoms with E-state index in [4.69, 9.17) is 0 Å². The lowest BCUT2D eigenvalue weighted by Gasteiger charge is -2.09. The van der Waals surface area contributed by atoms with E-state index in [1.54, 1.807) is 11.8 Å². The molecule has 0 bridgehead atoms. The summed E-state index contributed by atoms with van der Waals surface area (Å²) in [7, 11) is 0. The maximum absolute atomic E-state index is 12.2. The zero-order chi connectivity index (χ0) is 15.4. The third-order valence-corrected chi connectivity index (χ3v) is 6.07. The highest BCUT2D eigenvalue weighted by atomic mass is 32.2. The molecule has 1 unspecified atom stereocenters. The minimum absolute atomic E-state index is 0.0332. The Morgan fingerprint density at radius 1 is 1.36 bits per heavy atom. The van der Waals surface area contributed by atoms with Gasteiger partial charge in [-0.3, -0.25) is 9.79 Å². The van der Waals surface area contributed by atoms with Crippen molar-refractivity contribution in [3.05, 3.63) is 35.7 Å². The molecule has 0 saturated carbocycles. The number of hydrogen-bond acceptors (Lipinski definition) is 6. The molecular formula is C15H15N3OS3. The smallest absolute Gasteiger partial charge is 0.239 e. The first-order chi connectivity index (χ1) is 10.7. The van der Waals surface area contributed by atoms with Crippen molar-refractivity contribution in [1.29, 1.82) is 0 Å². The number of carbonyl (C=O) groups is 1. The number of rotatable bonds is 4. The van der Waals surface area contributed by atoms with Crippen LogP contribution in [0.15, 0.2) is 40.7 Å². The van der Waals surface area contributed by atoms with Crippen molar-refractivity contribution in [2.45, 2.75) is 12.2 Å². The van der Waals surface area contributed by atoms with Crippen LogP contribution in [0.5, 0.6) is 0 Å². The molecule has 1 atom stereocenters. The molecule has 1 aromatic heterocycles. The summed E-state index contributed by atoms with van der Waals surface area (Å²) in [4.78, 5) is 21.1. The SMILES string of the molecule is CC(SC1=NCCS1)C(=O)Nc1nc(-c2ccccc2)cs1. The van der Waals surface area contributed by atoms with Crippen molar-refractivity contribution in [2.24, 2.45) is 4.99 Å². The van der Waals surface area contributed by atoms with E-state index < -0.39 is 0 Å². The number of carbonyl (C=O) groups excluding carboxylic acids is 1. The number of aliphatic imine (C=N–C) groups is 1. The van der Waals surface area contributed by atoms with Gasteiger partial charge in [0.2, 0.25) is 5.91 Å². The van der Waals surface area contributed by atoms with E-state index >= 15 is 0 Å². The van der Waals surface area contributed by atoms with Crippen LogP contribution >= 0.6 is 34.9 Å². The molecule has 3 rings (SSSR count). The first-order valence-electron chi connectivity index (χ1n) is 6.88. The summed E-state index contributed by atoms with van der Waals surface area (Å²) in [5, 5.41) is 5.31. The van der Waals surface area contributed by atoms with Crippen molar-refractivity contribution >= 4 is 50.3 Å². The quantitative estimate of drug-likeness (QED) is 0.907. The number of thioether (sulfide) groups is 2. The highest BCUT2D eigenvalue weighted by Crippen LogP contribution is 2.28. The van der Waals surface area contributed by atoms with Gasteiger partial charge in [-0.2, -0.15) is 0 Å². The van der Waals surface area contributed by atoms with E-state index in [1.807, 2.05) is 42.6 Å². The normalized spacial score (nSPS) is 15.4. The average Bonchev–Trinajstić information content (AvgIpc) is 3.20. The van der Waals surface area contributed by atoms with E-state index in [-0.39, 0.29) is 11.2 Å². The lowest BCUT2D eigenvalue weighted by Crippen LogP contribution is -2.23. The molecule has 114 valence electrons. The van der Waals surface area contributed by atoms with Crippen LogP contribution in [0, 0.1) is 0 Å². The summed E-state index contributed by atoms with van der Waals surface area (Å²) in [6.07, 6.45) is 0. The predicted octanol–water partition coefficient (Wildman–Crippen LogP) is 3.97. The lowest BCUT2D eigenvalue weighted by molar-refractivity contribution is -0.115. The molecule has 0 fully saturated rings. The van der Waals surface area contributed by atoms with Crippen LogP contribution in [0.4, 0.5) is 5.13 Å². The highest BCUT2D eigenvalue weighted by molar-refractivity contribution is 8.39. The molecule has 2 aromatic rings. The Labute approximate surface area is 141 Å². The van der Waals surface area contributed by atoms with Crippen molar-refractivity contribution in [3.8, 4) is 11.3 Å². The van der Waals surface area contributed by atoms with E-state index in [9.17, 15) is 4.79 Å². The first kappa shape index (κ1) is 15.6. The number of nitrogens with zero attached hydrogens (tertiary/aromatic N) is 2. The molecule has 1 aliphatic rings. The number of thiazole rings is 1. The minimum Gasteiger partial charge on any atom is -0.301 e. The van der Waals surface area contributed by atoms with Crippen LogP contribution in [-0.4, -0.2) is 32.8 Å². The third-order valence-electron chi connectivity index (χ3n) is 3.01. The van der Waals surface area contributed by atoms with Gasteiger partial charge in [-0.25, -0.2) is 4.98 Å². The summed E-state index contributed by atoms with van der Waals surface area (Å²) < 4.78 is 1.01. The van der Waals surface area contributed by atoms with Crippen LogP contribution in [0.25, 0.3) is 11.3 Å². The molecule has 0 saturated heterocycles. The summed E-state index contributed by atoms with van der Waals surface area (Å²) in [6, 6.07) is 9.95. The molecule has 7 heteroatoms. The van der Waals surface area contributed by atoms with Gasteiger partial charge in [-0.05, 0) is 6.92 Å². The molecule has 1 aromatic carbocycles. The fraction of sp³-hybridized carbons (Fsp3) is 0.267.